The molecule has 8 heteroatoms. The maximum absolute atomic E-state index is 12.4. The maximum atomic E-state index is 12.4. The molecule has 22 heavy (non-hydrogen) atoms. The lowest BCUT2D eigenvalue weighted by atomic mass is 9.90. The van der Waals surface area contributed by atoms with Crippen LogP contribution in [0.25, 0.3) is 4.85 Å². The van der Waals surface area contributed by atoms with Crippen molar-refractivity contribution in [2.45, 2.75) is 63.7 Å². The van der Waals surface area contributed by atoms with E-state index in [1.807, 2.05) is 20.8 Å². The van der Waals surface area contributed by atoms with Crippen molar-refractivity contribution >= 4 is 0 Å². The molecule has 0 bridgehead atoms. The van der Waals surface area contributed by atoms with Crippen molar-refractivity contribution in [2.75, 3.05) is 0 Å². The first-order chi connectivity index (χ1) is 10.1. The highest BCUT2D eigenvalue weighted by Gasteiger charge is 2.42. The normalized spacial score (nSPS) is 14.9. The zero-order valence-electron chi connectivity index (χ0n) is 12.8. The molecule has 0 aliphatic carbocycles. The molecule has 1 heterocycles. The van der Waals surface area contributed by atoms with Gasteiger partial charge in [-0.1, -0.05) is 20.8 Å². The minimum atomic E-state index is -4.40. The highest BCUT2D eigenvalue weighted by Crippen LogP contribution is 2.29. The van der Waals surface area contributed by atoms with Gasteiger partial charge in [0.15, 0.2) is 11.9 Å². The predicted molar refractivity (Wildman–Crippen MR) is 73.6 cm³/mol. The van der Waals surface area contributed by atoms with E-state index in [-0.39, 0.29) is 12.0 Å². The molecule has 0 aliphatic rings. The number of nitriles is 1. The summed E-state index contributed by atoms with van der Waals surface area (Å²) in [6, 6.07) is 1.71. The Balaban J connectivity index is 2.94. The summed E-state index contributed by atoms with van der Waals surface area (Å²) in [5.74, 6) is 0.544. The third-order valence-electron chi connectivity index (χ3n) is 3.69. The number of nitrogens with zero attached hydrogens (tertiary/aromatic N) is 5. The van der Waals surface area contributed by atoms with E-state index in [4.69, 9.17) is 11.8 Å². The second-order valence-electron chi connectivity index (χ2n) is 5.87. The number of rotatable bonds is 6. The lowest BCUT2D eigenvalue weighted by Gasteiger charge is -2.18. The average Bonchev–Trinajstić information content (AvgIpc) is 2.92. The summed E-state index contributed by atoms with van der Waals surface area (Å²) in [6.45, 7) is 12.7. The number of alkyl halides is 3. The summed E-state index contributed by atoms with van der Waals surface area (Å²) in [5, 5.41) is 13.4. The van der Waals surface area contributed by atoms with E-state index >= 15 is 0 Å². The molecule has 0 amide bonds. The minimum absolute atomic E-state index is 0.226. The highest BCUT2D eigenvalue weighted by molar-refractivity contribution is 5.15. The molecule has 1 unspecified atom stereocenters. The quantitative estimate of drug-likeness (QED) is 0.755. The van der Waals surface area contributed by atoms with Crippen LogP contribution in [0.4, 0.5) is 13.2 Å². The number of hydrogen-bond acceptors (Lipinski definition) is 3. The lowest BCUT2D eigenvalue weighted by molar-refractivity contribution is -0.137. The predicted octanol–water partition coefficient (Wildman–Crippen LogP) is 3.49. The Morgan fingerprint density at radius 2 is 2.00 bits per heavy atom. The Kier molecular flexibility index (Phi) is 5.18. The molecule has 0 spiro atoms. The standard InChI is InChI=1S/C14H18F3N5/c1-5-12(2,3)11-20-10-22(21-11)9-13(8-18,19-4)6-7-14(15,16)17/h10H,5-7,9H2,1-3H3. The van der Waals surface area contributed by atoms with Crippen LogP contribution in [0.5, 0.6) is 0 Å². The monoisotopic (exact) mass is 313 g/mol. The molecule has 1 rings (SSSR count). The van der Waals surface area contributed by atoms with Gasteiger partial charge in [0.2, 0.25) is 0 Å². The molecule has 120 valence electrons. The van der Waals surface area contributed by atoms with Crippen LogP contribution in [0.1, 0.15) is 45.9 Å². The minimum Gasteiger partial charge on any atom is -0.292 e. The Morgan fingerprint density at radius 1 is 1.36 bits per heavy atom. The smallest absolute Gasteiger partial charge is 0.292 e. The summed E-state index contributed by atoms with van der Waals surface area (Å²) in [6.07, 6.45) is -4.01. The van der Waals surface area contributed by atoms with Crippen molar-refractivity contribution in [1.29, 1.82) is 5.26 Å². The van der Waals surface area contributed by atoms with E-state index in [9.17, 15) is 13.2 Å². The molecule has 0 radical (unpaired) electrons. The first-order valence-electron chi connectivity index (χ1n) is 6.84. The van der Waals surface area contributed by atoms with Crippen LogP contribution in [0.15, 0.2) is 6.33 Å². The van der Waals surface area contributed by atoms with E-state index < -0.39 is 24.6 Å². The summed E-state index contributed by atoms with van der Waals surface area (Å²) in [5.41, 5.74) is -2.05. The molecule has 1 atom stereocenters. The first-order valence-corrected chi connectivity index (χ1v) is 6.84. The van der Waals surface area contributed by atoms with Crippen LogP contribution in [-0.2, 0) is 12.0 Å². The lowest BCUT2D eigenvalue weighted by Crippen LogP contribution is -2.31. The summed E-state index contributed by atoms with van der Waals surface area (Å²) < 4.78 is 38.4. The molecule has 0 N–H and O–H groups in total. The molecule has 5 nitrogen and oxygen atoms in total. The summed E-state index contributed by atoms with van der Waals surface area (Å²) in [4.78, 5) is 7.27. The van der Waals surface area contributed by atoms with E-state index in [2.05, 4.69) is 14.9 Å². The van der Waals surface area contributed by atoms with Gasteiger partial charge in [-0.15, -0.1) is 0 Å². The number of halogens is 3. The SMILES string of the molecule is [C-]#[N+]C(C#N)(CCC(F)(F)F)Cn1cnc(C(C)(C)CC)n1. The van der Waals surface area contributed by atoms with Crippen molar-refractivity contribution in [3.63, 3.8) is 0 Å². The average molecular weight is 313 g/mol. The molecule has 0 saturated carbocycles. The van der Waals surface area contributed by atoms with E-state index in [0.29, 0.717) is 5.82 Å². The topological polar surface area (TPSA) is 58.9 Å². The van der Waals surface area contributed by atoms with Gasteiger partial charge < -0.3 is 0 Å². The van der Waals surface area contributed by atoms with Crippen molar-refractivity contribution in [1.82, 2.24) is 14.8 Å². The fourth-order valence-electron chi connectivity index (χ4n) is 1.74. The van der Waals surface area contributed by atoms with Crippen molar-refractivity contribution in [3.05, 3.63) is 23.6 Å². The third kappa shape index (κ3) is 4.45. The highest BCUT2D eigenvalue weighted by atomic mass is 19.4. The molecule has 1 aromatic rings. The van der Waals surface area contributed by atoms with E-state index in [1.54, 1.807) is 6.07 Å². The van der Waals surface area contributed by atoms with Crippen LogP contribution in [0.3, 0.4) is 0 Å². The Labute approximate surface area is 127 Å². The van der Waals surface area contributed by atoms with Gasteiger partial charge in [0.05, 0.1) is 12.8 Å². The zero-order chi connectivity index (χ0) is 17.0. The molecule has 0 aromatic carbocycles. The summed E-state index contributed by atoms with van der Waals surface area (Å²) >= 11 is 0. The molecule has 0 aliphatic heterocycles. The third-order valence-corrected chi connectivity index (χ3v) is 3.69. The van der Waals surface area contributed by atoms with Crippen LogP contribution in [0.2, 0.25) is 0 Å². The van der Waals surface area contributed by atoms with Gasteiger partial charge in [0.25, 0.3) is 0 Å². The Bertz CT molecular complexity index is 575. The molecule has 0 saturated heterocycles. The van der Waals surface area contributed by atoms with Crippen molar-refractivity contribution in [2.24, 2.45) is 0 Å². The fraction of sp³-hybridized carbons (Fsp3) is 0.714. The van der Waals surface area contributed by atoms with Crippen LogP contribution < -0.4 is 0 Å². The molecule has 0 fully saturated rings. The van der Waals surface area contributed by atoms with Crippen molar-refractivity contribution < 1.29 is 13.2 Å². The van der Waals surface area contributed by atoms with Gasteiger partial charge >= 0.3 is 11.7 Å². The Hall–Kier alpha value is -2.09. The van der Waals surface area contributed by atoms with Gasteiger partial charge in [-0.05, 0) is 6.42 Å². The largest absolute Gasteiger partial charge is 0.389 e. The second-order valence-corrected chi connectivity index (χ2v) is 5.87. The maximum Gasteiger partial charge on any atom is 0.389 e. The first kappa shape index (κ1) is 18.0. The zero-order valence-corrected chi connectivity index (χ0v) is 12.8. The van der Waals surface area contributed by atoms with Gasteiger partial charge in [0.1, 0.15) is 12.9 Å². The number of aromatic nitrogens is 3. The Morgan fingerprint density at radius 3 is 2.45 bits per heavy atom. The van der Waals surface area contributed by atoms with Gasteiger partial charge in [-0.3, -0.25) is 4.85 Å². The van der Waals surface area contributed by atoms with E-state index in [1.165, 1.54) is 11.0 Å². The second kappa shape index (κ2) is 6.35. The van der Waals surface area contributed by atoms with Gasteiger partial charge in [-0.25, -0.2) is 16.2 Å². The van der Waals surface area contributed by atoms with Crippen LogP contribution in [0, 0.1) is 17.9 Å². The summed E-state index contributed by atoms with van der Waals surface area (Å²) in [7, 11) is 0. The van der Waals surface area contributed by atoms with E-state index in [0.717, 1.165) is 6.42 Å². The van der Waals surface area contributed by atoms with Gasteiger partial charge in [0, 0.05) is 5.41 Å². The number of hydrogen-bond donors (Lipinski definition) is 0. The van der Waals surface area contributed by atoms with Crippen LogP contribution in [-0.4, -0.2) is 26.5 Å². The van der Waals surface area contributed by atoms with Gasteiger partial charge in [-0.2, -0.15) is 23.5 Å². The van der Waals surface area contributed by atoms with Crippen molar-refractivity contribution in [3.8, 4) is 6.07 Å². The van der Waals surface area contributed by atoms with Crippen LogP contribution >= 0.6 is 0 Å². The molecule has 1 aromatic heterocycles. The molecular formula is C14H18F3N5. The fourth-order valence-corrected chi connectivity index (χ4v) is 1.74. The molecular weight excluding hydrogens is 295 g/mol.